The molecule has 0 fully saturated rings. The number of aromatic nitrogens is 3. The summed E-state index contributed by atoms with van der Waals surface area (Å²) in [5, 5.41) is 0. The fraction of sp³-hybridized carbons (Fsp3) is 0.100. The normalized spacial score (nSPS) is 9.93. The topological polar surface area (TPSA) is 50.8 Å². The van der Waals surface area contributed by atoms with Crippen molar-refractivity contribution in [1.29, 1.82) is 0 Å². The lowest BCUT2D eigenvalue weighted by molar-refractivity contribution is 0.378. The standard InChI is InChI=1S/C10H9N3OS/c1-14-9-11-8(12-10(15)13-9)7-5-3-2-4-6-7/h2-6H,1H3,(H,11,12,13,15). The lowest BCUT2D eigenvalue weighted by Crippen LogP contribution is -1.97. The first-order chi connectivity index (χ1) is 7.29. The Labute approximate surface area is 92.0 Å². The summed E-state index contributed by atoms with van der Waals surface area (Å²) in [5.74, 6) is 0.660. The molecule has 0 bridgehead atoms. The first-order valence-electron chi connectivity index (χ1n) is 4.37. The van der Waals surface area contributed by atoms with Gasteiger partial charge < -0.3 is 4.74 Å². The van der Waals surface area contributed by atoms with Crippen molar-refractivity contribution in [2.45, 2.75) is 0 Å². The number of hydrogen-bond donors (Lipinski definition) is 1. The van der Waals surface area contributed by atoms with Gasteiger partial charge in [0, 0.05) is 5.56 Å². The zero-order chi connectivity index (χ0) is 10.7. The minimum atomic E-state index is 0.268. The highest BCUT2D eigenvalue weighted by molar-refractivity contribution is 7.71. The van der Waals surface area contributed by atoms with Gasteiger partial charge in [-0.25, -0.2) is 4.98 Å². The Morgan fingerprint density at radius 1 is 1.20 bits per heavy atom. The maximum absolute atomic E-state index is 4.98. The quantitative estimate of drug-likeness (QED) is 0.787. The third kappa shape index (κ3) is 2.19. The summed E-state index contributed by atoms with van der Waals surface area (Å²) in [6, 6.07) is 10.0. The van der Waals surface area contributed by atoms with Crippen LogP contribution in [0, 0.1) is 4.77 Å². The maximum Gasteiger partial charge on any atom is 0.297 e. The number of ether oxygens (including phenoxy) is 1. The van der Waals surface area contributed by atoms with Crippen LogP contribution in [0.15, 0.2) is 30.3 Å². The zero-order valence-electron chi connectivity index (χ0n) is 8.10. The molecule has 0 spiro atoms. The Hall–Kier alpha value is -1.75. The lowest BCUT2D eigenvalue weighted by atomic mass is 10.2. The third-order valence-corrected chi connectivity index (χ3v) is 2.05. The molecule has 0 amide bonds. The summed E-state index contributed by atoms with van der Waals surface area (Å²) in [6.07, 6.45) is 0. The second-order valence-electron chi connectivity index (χ2n) is 2.86. The second-order valence-corrected chi connectivity index (χ2v) is 3.22. The van der Waals surface area contributed by atoms with Crippen LogP contribution in [0.1, 0.15) is 0 Å². The van der Waals surface area contributed by atoms with Crippen LogP contribution < -0.4 is 4.74 Å². The summed E-state index contributed by atoms with van der Waals surface area (Å²) in [4.78, 5) is 11.0. The molecule has 0 atom stereocenters. The Bertz CT molecular complexity index is 510. The second kappa shape index (κ2) is 4.18. The highest BCUT2D eigenvalue weighted by atomic mass is 32.1. The van der Waals surface area contributed by atoms with Crippen LogP contribution in [0.3, 0.4) is 0 Å². The van der Waals surface area contributed by atoms with Crippen LogP contribution in [0.5, 0.6) is 6.01 Å². The molecule has 15 heavy (non-hydrogen) atoms. The molecule has 0 radical (unpaired) electrons. The van der Waals surface area contributed by atoms with E-state index in [9.17, 15) is 0 Å². The maximum atomic E-state index is 4.98. The molecule has 0 aliphatic rings. The molecule has 1 aromatic carbocycles. The number of aromatic amines is 1. The van der Waals surface area contributed by atoms with E-state index in [1.807, 2.05) is 30.3 Å². The van der Waals surface area contributed by atoms with Crippen molar-refractivity contribution in [2.75, 3.05) is 7.11 Å². The number of benzene rings is 1. The molecule has 0 unspecified atom stereocenters. The van der Waals surface area contributed by atoms with Gasteiger partial charge in [0.15, 0.2) is 0 Å². The molecular formula is C10H9N3OS. The smallest absolute Gasteiger partial charge is 0.297 e. The van der Waals surface area contributed by atoms with E-state index in [0.29, 0.717) is 11.8 Å². The van der Waals surface area contributed by atoms with Crippen molar-refractivity contribution in [3.63, 3.8) is 0 Å². The van der Waals surface area contributed by atoms with E-state index in [2.05, 4.69) is 15.0 Å². The fourth-order valence-corrected chi connectivity index (χ4v) is 1.37. The van der Waals surface area contributed by atoms with E-state index in [4.69, 9.17) is 17.0 Å². The summed E-state index contributed by atoms with van der Waals surface area (Å²) in [7, 11) is 1.53. The molecule has 2 aromatic rings. The summed E-state index contributed by atoms with van der Waals surface area (Å²) in [5.41, 5.74) is 0.948. The molecule has 0 saturated carbocycles. The van der Waals surface area contributed by atoms with Gasteiger partial charge in [0.1, 0.15) is 5.82 Å². The van der Waals surface area contributed by atoms with Crippen molar-refractivity contribution >= 4 is 12.2 Å². The van der Waals surface area contributed by atoms with Crippen LogP contribution in [-0.4, -0.2) is 22.1 Å². The molecule has 2 rings (SSSR count). The number of nitrogens with one attached hydrogen (secondary N) is 1. The van der Waals surface area contributed by atoms with Crippen molar-refractivity contribution < 1.29 is 4.74 Å². The molecule has 76 valence electrons. The predicted molar refractivity (Wildman–Crippen MR) is 59.2 cm³/mol. The van der Waals surface area contributed by atoms with Gasteiger partial charge in [-0.3, -0.25) is 4.98 Å². The summed E-state index contributed by atoms with van der Waals surface area (Å²) >= 11 is 4.93. The Morgan fingerprint density at radius 2 is 1.93 bits per heavy atom. The van der Waals surface area contributed by atoms with Crippen LogP contribution >= 0.6 is 12.2 Å². The zero-order valence-corrected chi connectivity index (χ0v) is 8.91. The van der Waals surface area contributed by atoms with E-state index in [1.54, 1.807) is 0 Å². The van der Waals surface area contributed by atoms with E-state index >= 15 is 0 Å². The minimum absolute atomic E-state index is 0.268. The molecule has 0 aliphatic carbocycles. The third-order valence-electron chi connectivity index (χ3n) is 1.87. The minimum Gasteiger partial charge on any atom is -0.468 e. The highest BCUT2D eigenvalue weighted by Gasteiger charge is 2.02. The van der Waals surface area contributed by atoms with Crippen molar-refractivity contribution in [3.05, 3.63) is 35.1 Å². The predicted octanol–water partition coefficient (Wildman–Crippen LogP) is 2.21. The van der Waals surface area contributed by atoms with E-state index in [0.717, 1.165) is 5.56 Å². The van der Waals surface area contributed by atoms with Crippen LogP contribution in [0.25, 0.3) is 11.4 Å². The average Bonchev–Trinajstić information content (AvgIpc) is 2.29. The molecule has 1 aromatic heterocycles. The SMILES string of the molecule is COc1nc(=S)nc(-c2ccccc2)[nH]1. The lowest BCUT2D eigenvalue weighted by Gasteiger charge is -2.02. The Balaban J connectivity index is 2.54. The van der Waals surface area contributed by atoms with Gasteiger partial charge in [-0.1, -0.05) is 30.3 Å². The molecule has 0 aliphatic heterocycles. The van der Waals surface area contributed by atoms with Crippen molar-refractivity contribution in [3.8, 4) is 17.4 Å². The van der Waals surface area contributed by atoms with E-state index in [-0.39, 0.29) is 4.77 Å². The molecule has 5 heteroatoms. The first-order valence-corrected chi connectivity index (χ1v) is 4.78. The number of nitrogens with zero attached hydrogens (tertiary/aromatic N) is 2. The molecule has 0 saturated heterocycles. The van der Waals surface area contributed by atoms with Crippen LogP contribution in [0.4, 0.5) is 0 Å². The van der Waals surface area contributed by atoms with Crippen molar-refractivity contribution in [2.24, 2.45) is 0 Å². The van der Waals surface area contributed by atoms with Gasteiger partial charge in [0.2, 0.25) is 4.77 Å². The number of hydrogen-bond acceptors (Lipinski definition) is 4. The van der Waals surface area contributed by atoms with Gasteiger partial charge in [-0.05, 0) is 12.2 Å². The molecule has 4 nitrogen and oxygen atoms in total. The van der Waals surface area contributed by atoms with E-state index in [1.165, 1.54) is 7.11 Å². The number of H-pyrrole nitrogens is 1. The molecule has 1 heterocycles. The van der Waals surface area contributed by atoms with Gasteiger partial charge in [-0.2, -0.15) is 4.98 Å². The number of methoxy groups -OCH3 is 1. The van der Waals surface area contributed by atoms with Gasteiger partial charge in [0.25, 0.3) is 6.01 Å². The fourth-order valence-electron chi connectivity index (χ4n) is 1.19. The van der Waals surface area contributed by atoms with Gasteiger partial charge in [0.05, 0.1) is 7.11 Å². The van der Waals surface area contributed by atoms with Gasteiger partial charge >= 0.3 is 0 Å². The summed E-state index contributed by atoms with van der Waals surface area (Å²) < 4.78 is 5.25. The Kier molecular flexibility index (Phi) is 2.73. The first kappa shape index (κ1) is 9.79. The van der Waals surface area contributed by atoms with Crippen LogP contribution in [0.2, 0.25) is 0 Å². The monoisotopic (exact) mass is 219 g/mol. The van der Waals surface area contributed by atoms with Crippen molar-refractivity contribution in [1.82, 2.24) is 15.0 Å². The van der Waals surface area contributed by atoms with Crippen LogP contribution in [-0.2, 0) is 0 Å². The largest absolute Gasteiger partial charge is 0.468 e. The van der Waals surface area contributed by atoms with E-state index < -0.39 is 0 Å². The summed E-state index contributed by atoms with van der Waals surface area (Å²) in [6.45, 7) is 0. The van der Waals surface area contributed by atoms with Gasteiger partial charge in [-0.15, -0.1) is 0 Å². The Morgan fingerprint density at radius 3 is 2.60 bits per heavy atom. The average molecular weight is 219 g/mol. The number of rotatable bonds is 2. The molecular weight excluding hydrogens is 210 g/mol. The molecule has 1 N–H and O–H groups in total. The highest BCUT2D eigenvalue weighted by Crippen LogP contribution is 2.14.